The Morgan fingerprint density at radius 1 is 1.10 bits per heavy atom. The molecular formula is C13H8N4OS2. The fraction of sp³-hybridized carbons (Fsp3) is 0. The lowest BCUT2D eigenvalue weighted by atomic mass is 10.4. The minimum absolute atomic E-state index is 0.756. The Balaban J connectivity index is 1.68. The molecule has 0 saturated heterocycles. The van der Waals surface area contributed by atoms with Crippen molar-refractivity contribution >= 4 is 22.7 Å². The van der Waals surface area contributed by atoms with Gasteiger partial charge in [-0.3, -0.25) is 0 Å². The van der Waals surface area contributed by atoms with E-state index in [-0.39, 0.29) is 0 Å². The molecule has 0 aliphatic carbocycles. The van der Waals surface area contributed by atoms with Gasteiger partial charge >= 0.3 is 0 Å². The first kappa shape index (κ1) is 11.6. The third-order valence-electron chi connectivity index (χ3n) is 2.73. The number of hydrogen-bond acceptors (Lipinski definition) is 6. The Kier molecular flexibility index (Phi) is 2.71. The molecule has 0 amide bonds. The van der Waals surface area contributed by atoms with Crippen LogP contribution in [-0.2, 0) is 0 Å². The number of hydrogen-bond donors (Lipinski definition) is 0. The van der Waals surface area contributed by atoms with E-state index in [2.05, 4.69) is 15.3 Å². The summed E-state index contributed by atoms with van der Waals surface area (Å²) in [6, 6.07) is 7.75. The highest BCUT2D eigenvalue weighted by Crippen LogP contribution is 2.26. The monoisotopic (exact) mass is 300 g/mol. The standard InChI is InChI=1S/C13H8N4OS2/c1-3-11(18-5-1)10-8-20-13(14-10)17-7-9(15-16-17)12-4-2-6-19-12/h1-8H. The molecule has 0 atom stereocenters. The summed E-state index contributed by atoms with van der Waals surface area (Å²) >= 11 is 3.14. The van der Waals surface area contributed by atoms with Crippen LogP contribution in [0.5, 0.6) is 0 Å². The van der Waals surface area contributed by atoms with Crippen LogP contribution in [0.1, 0.15) is 0 Å². The highest BCUT2D eigenvalue weighted by Gasteiger charge is 2.11. The zero-order valence-corrected chi connectivity index (χ0v) is 11.8. The Hall–Kier alpha value is -2.25. The SMILES string of the molecule is c1coc(-c2csc(-n3cc(-c4cccs4)nn3)n2)c1. The van der Waals surface area contributed by atoms with Crippen molar-refractivity contribution in [2.45, 2.75) is 0 Å². The lowest BCUT2D eigenvalue weighted by Gasteiger charge is -1.91. The van der Waals surface area contributed by atoms with Crippen molar-refractivity contribution in [2.75, 3.05) is 0 Å². The zero-order chi connectivity index (χ0) is 13.4. The second-order valence-corrected chi connectivity index (χ2v) is 5.80. The van der Waals surface area contributed by atoms with Crippen LogP contribution in [0.15, 0.2) is 51.9 Å². The van der Waals surface area contributed by atoms with Crippen LogP contribution in [0.25, 0.3) is 27.2 Å². The topological polar surface area (TPSA) is 56.7 Å². The smallest absolute Gasteiger partial charge is 0.212 e. The van der Waals surface area contributed by atoms with E-state index in [1.165, 1.54) is 11.3 Å². The average Bonchev–Trinajstić information content (AvgIpc) is 3.22. The highest BCUT2D eigenvalue weighted by molar-refractivity contribution is 7.13. The summed E-state index contributed by atoms with van der Waals surface area (Å²) in [5.41, 5.74) is 1.66. The highest BCUT2D eigenvalue weighted by atomic mass is 32.1. The number of aromatic nitrogens is 4. The fourth-order valence-electron chi connectivity index (χ4n) is 1.80. The van der Waals surface area contributed by atoms with Crippen molar-refractivity contribution in [3.05, 3.63) is 47.5 Å². The van der Waals surface area contributed by atoms with Crippen molar-refractivity contribution in [3.63, 3.8) is 0 Å². The summed E-state index contributed by atoms with van der Waals surface area (Å²) in [6.07, 6.45) is 3.52. The zero-order valence-electron chi connectivity index (χ0n) is 10.1. The minimum Gasteiger partial charge on any atom is -0.463 e. The molecule has 0 aliphatic heterocycles. The summed E-state index contributed by atoms with van der Waals surface area (Å²) in [7, 11) is 0. The lowest BCUT2D eigenvalue weighted by molar-refractivity contribution is 0.580. The molecule has 0 unspecified atom stereocenters. The molecule has 4 rings (SSSR count). The molecule has 7 heteroatoms. The summed E-state index contributed by atoms with van der Waals surface area (Å²) in [4.78, 5) is 5.60. The third-order valence-corrected chi connectivity index (χ3v) is 4.45. The third kappa shape index (κ3) is 1.97. The number of thiophene rings is 1. The van der Waals surface area contributed by atoms with Gasteiger partial charge in [-0.15, -0.1) is 27.8 Å². The normalized spacial score (nSPS) is 11.0. The van der Waals surface area contributed by atoms with Gasteiger partial charge in [0.2, 0.25) is 5.13 Å². The van der Waals surface area contributed by atoms with Crippen LogP contribution in [0.2, 0.25) is 0 Å². The van der Waals surface area contributed by atoms with Crippen LogP contribution >= 0.6 is 22.7 Å². The molecule has 4 heterocycles. The predicted octanol–water partition coefficient (Wildman–Crippen LogP) is 3.71. The quantitative estimate of drug-likeness (QED) is 0.578. The second-order valence-electron chi connectivity index (χ2n) is 4.02. The van der Waals surface area contributed by atoms with E-state index >= 15 is 0 Å². The molecule has 0 aromatic carbocycles. The maximum atomic E-state index is 5.33. The van der Waals surface area contributed by atoms with Gasteiger partial charge in [-0.2, -0.15) is 4.68 Å². The van der Waals surface area contributed by atoms with Gasteiger partial charge in [0.05, 0.1) is 17.3 Å². The van der Waals surface area contributed by atoms with Gasteiger partial charge in [-0.05, 0) is 23.6 Å². The van der Waals surface area contributed by atoms with E-state index in [0.717, 1.165) is 27.2 Å². The fourth-order valence-corrected chi connectivity index (χ4v) is 3.21. The van der Waals surface area contributed by atoms with Crippen LogP contribution in [0, 0.1) is 0 Å². The van der Waals surface area contributed by atoms with Crippen molar-refractivity contribution in [1.82, 2.24) is 20.0 Å². The Labute approximate surface area is 122 Å². The molecule has 5 nitrogen and oxygen atoms in total. The molecule has 0 fully saturated rings. The summed E-state index contributed by atoms with van der Waals surface area (Å²) in [6.45, 7) is 0. The number of furan rings is 1. The predicted molar refractivity (Wildman–Crippen MR) is 78.0 cm³/mol. The summed E-state index contributed by atoms with van der Waals surface area (Å²) in [5.74, 6) is 0.756. The number of rotatable bonds is 3. The van der Waals surface area contributed by atoms with E-state index in [0.29, 0.717) is 0 Å². The Morgan fingerprint density at radius 3 is 2.90 bits per heavy atom. The number of thiazole rings is 1. The Bertz CT molecular complexity index is 744. The maximum absolute atomic E-state index is 5.33. The van der Waals surface area contributed by atoms with Crippen LogP contribution < -0.4 is 0 Å². The molecule has 0 saturated carbocycles. The molecule has 0 N–H and O–H groups in total. The van der Waals surface area contributed by atoms with Gasteiger partial charge in [0.1, 0.15) is 11.4 Å². The first-order chi connectivity index (χ1) is 9.90. The van der Waals surface area contributed by atoms with Gasteiger partial charge < -0.3 is 4.42 Å². The average molecular weight is 300 g/mol. The molecule has 20 heavy (non-hydrogen) atoms. The van der Waals surface area contributed by atoms with Crippen molar-refractivity contribution in [3.8, 4) is 27.2 Å². The van der Waals surface area contributed by atoms with Gasteiger partial charge in [-0.25, -0.2) is 4.98 Å². The van der Waals surface area contributed by atoms with Gasteiger partial charge in [0.15, 0.2) is 5.76 Å². The van der Waals surface area contributed by atoms with Crippen LogP contribution in [-0.4, -0.2) is 20.0 Å². The molecule has 98 valence electrons. The number of nitrogens with zero attached hydrogens (tertiary/aromatic N) is 4. The molecule has 0 radical (unpaired) electrons. The van der Waals surface area contributed by atoms with Gasteiger partial charge in [-0.1, -0.05) is 11.3 Å². The van der Waals surface area contributed by atoms with E-state index < -0.39 is 0 Å². The molecule has 0 spiro atoms. The minimum atomic E-state index is 0.756. The van der Waals surface area contributed by atoms with Gasteiger partial charge in [0.25, 0.3) is 0 Å². The van der Waals surface area contributed by atoms with Crippen molar-refractivity contribution in [2.24, 2.45) is 0 Å². The first-order valence-electron chi connectivity index (χ1n) is 5.86. The molecule has 0 bridgehead atoms. The van der Waals surface area contributed by atoms with Crippen LogP contribution in [0.3, 0.4) is 0 Å². The lowest BCUT2D eigenvalue weighted by Crippen LogP contribution is -1.93. The van der Waals surface area contributed by atoms with Crippen LogP contribution in [0.4, 0.5) is 0 Å². The maximum Gasteiger partial charge on any atom is 0.212 e. The van der Waals surface area contributed by atoms with E-state index in [1.54, 1.807) is 22.3 Å². The molecular weight excluding hydrogens is 292 g/mol. The molecule has 4 aromatic rings. The van der Waals surface area contributed by atoms with E-state index in [9.17, 15) is 0 Å². The van der Waals surface area contributed by atoms with Crippen molar-refractivity contribution in [1.29, 1.82) is 0 Å². The van der Waals surface area contributed by atoms with Gasteiger partial charge in [0, 0.05) is 5.38 Å². The van der Waals surface area contributed by atoms with Crippen molar-refractivity contribution < 1.29 is 4.42 Å². The summed E-state index contributed by atoms with van der Waals surface area (Å²) in [5, 5.41) is 13.0. The molecule has 0 aliphatic rings. The first-order valence-corrected chi connectivity index (χ1v) is 7.62. The molecule has 4 aromatic heterocycles. The Morgan fingerprint density at radius 2 is 2.10 bits per heavy atom. The summed E-state index contributed by atoms with van der Waals surface area (Å²) < 4.78 is 7.02. The largest absolute Gasteiger partial charge is 0.463 e. The van der Waals surface area contributed by atoms with E-state index in [1.807, 2.05) is 41.2 Å². The second kappa shape index (κ2) is 4.69. The van der Waals surface area contributed by atoms with E-state index in [4.69, 9.17) is 4.42 Å².